The van der Waals surface area contributed by atoms with Gasteiger partial charge in [-0.1, -0.05) is 38.5 Å². The molecule has 0 bridgehead atoms. The molecule has 18 heavy (non-hydrogen) atoms. The van der Waals surface area contributed by atoms with E-state index in [1.54, 1.807) is 24.3 Å². The van der Waals surface area contributed by atoms with Crippen molar-refractivity contribution in [1.82, 2.24) is 0 Å². The summed E-state index contributed by atoms with van der Waals surface area (Å²) < 4.78 is 0. The van der Waals surface area contributed by atoms with Crippen molar-refractivity contribution in [2.75, 3.05) is 11.4 Å². The number of hydrogen-bond acceptors (Lipinski definition) is 2. The number of carbonyl (C=O) groups is 2. The lowest BCUT2D eigenvalue weighted by Crippen LogP contribution is -2.36. The molecular formula is C14H19NO3. The molecule has 1 unspecified atom stereocenters. The zero-order valence-corrected chi connectivity index (χ0v) is 10.8. The zero-order chi connectivity index (χ0) is 13.5. The Morgan fingerprint density at radius 2 is 1.89 bits per heavy atom. The minimum atomic E-state index is -1.00. The van der Waals surface area contributed by atoms with Crippen molar-refractivity contribution >= 4 is 17.6 Å². The van der Waals surface area contributed by atoms with Crippen molar-refractivity contribution in [2.45, 2.75) is 26.7 Å². The fourth-order valence-corrected chi connectivity index (χ4v) is 1.62. The fraction of sp³-hybridized carbons (Fsp3) is 0.429. The van der Waals surface area contributed by atoms with Crippen LogP contribution >= 0.6 is 0 Å². The van der Waals surface area contributed by atoms with E-state index in [1.807, 2.05) is 19.9 Å². The maximum Gasteiger partial charge on any atom is 0.323 e. The summed E-state index contributed by atoms with van der Waals surface area (Å²) in [5, 5.41) is 8.89. The van der Waals surface area contributed by atoms with E-state index in [-0.39, 0.29) is 18.4 Å². The van der Waals surface area contributed by atoms with Crippen LogP contribution in [0, 0.1) is 5.92 Å². The van der Waals surface area contributed by atoms with Gasteiger partial charge in [0.15, 0.2) is 0 Å². The molecule has 0 aliphatic rings. The summed E-state index contributed by atoms with van der Waals surface area (Å²) in [5.41, 5.74) is 0.633. The number of benzene rings is 1. The van der Waals surface area contributed by atoms with Crippen LogP contribution in [-0.2, 0) is 9.59 Å². The number of carbonyl (C=O) groups excluding carboxylic acids is 1. The number of rotatable bonds is 6. The number of nitrogens with zero attached hydrogens (tertiary/aromatic N) is 1. The van der Waals surface area contributed by atoms with Gasteiger partial charge in [-0.3, -0.25) is 9.59 Å². The molecule has 1 aromatic carbocycles. The summed E-state index contributed by atoms with van der Waals surface area (Å²) in [4.78, 5) is 24.3. The summed E-state index contributed by atoms with van der Waals surface area (Å²) >= 11 is 0. The number of carboxylic acid groups (broad SMARTS) is 1. The minimum absolute atomic E-state index is 0.141. The lowest BCUT2D eigenvalue weighted by molar-refractivity contribution is -0.136. The molecule has 1 N–H and O–H groups in total. The highest BCUT2D eigenvalue weighted by atomic mass is 16.4. The average Bonchev–Trinajstić information content (AvgIpc) is 2.36. The molecule has 0 heterocycles. The molecule has 1 aromatic rings. The molecule has 0 fully saturated rings. The first-order valence-electron chi connectivity index (χ1n) is 6.11. The first kappa shape index (κ1) is 14.2. The topological polar surface area (TPSA) is 57.6 Å². The van der Waals surface area contributed by atoms with Crippen LogP contribution in [0.15, 0.2) is 30.3 Å². The summed E-state index contributed by atoms with van der Waals surface area (Å²) in [6.45, 7) is 3.71. The number of carboxylic acids is 1. The van der Waals surface area contributed by atoms with Gasteiger partial charge in [0.05, 0.1) is 0 Å². The van der Waals surface area contributed by atoms with Gasteiger partial charge in [-0.2, -0.15) is 0 Å². The second kappa shape index (κ2) is 6.79. The van der Waals surface area contributed by atoms with Gasteiger partial charge in [0.25, 0.3) is 0 Å². The lowest BCUT2D eigenvalue weighted by Gasteiger charge is -2.22. The quantitative estimate of drug-likeness (QED) is 0.842. The van der Waals surface area contributed by atoms with E-state index in [0.717, 1.165) is 6.42 Å². The molecule has 1 rings (SSSR count). The number of amides is 1. The highest BCUT2D eigenvalue weighted by molar-refractivity contribution is 5.97. The smallest absolute Gasteiger partial charge is 0.323 e. The molecule has 1 atom stereocenters. The number of aliphatic carboxylic acids is 1. The molecule has 0 aromatic heterocycles. The summed E-state index contributed by atoms with van der Waals surface area (Å²) in [5.74, 6) is -0.883. The molecule has 0 aliphatic carbocycles. The first-order chi connectivity index (χ1) is 8.54. The Morgan fingerprint density at radius 1 is 1.28 bits per heavy atom. The second-order valence-electron chi connectivity index (χ2n) is 4.43. The molecule has 1 amide bonds. The van der Waals surface area contributed by atoms with Gasteiger partial charge in [-0.05, 0) is 18.1 Å². The van der Waals surface area contributed by atoms with E-state index in [2.05, 4.69) is 0 Å². The van der Waals surface area contributed by atoms with Gasteiger partial charge in [-0.15, -0.1) is 0 Å². The highest BCUT2D eigenvalue weighted by Gasteiger charge is 2.19. The zero-order valence-electron chi connectivity index (χ0n) is 10.8. The molecule has 0 radical (unpaired) electrons. The Hall–Kier alpha value is -1.84. The first-order valence-corrected chi connectivity index (χ1v) is 6.11. The average molecular weight is 249 g/mol. The second-order valence-corrected chi connectivity index (χ2v) is 4.43. The third kappa shape index (κ3) is 4.20. The van der Waals surface area contributed by atoms with Gasteiger partial charge in [-0.25, -0.2) is 0 Å². The normalized spacial score (nSPS) is 11.9. The predicted octanol–water partition coefficient (Wildman–Crippen LogP) is 2.54. The Labute approximate surface area is 107 Å². The summed E-state index contributed by atoms with van der Waals surface area (Å²) in [6, 6.07) is 8.91. The Morgan fingerprint density at radius 3 is 2.39 bits per heavy atom. The van der Waals surface area contributed by atoms with E-state index >= 15 is 0 Å². The van der Waals surface area contributed by atoms with Crippen LogP contribution in [0.2, 0.25) is 0 Å². The number of para-hydroxylation sites is 1. The summed E-state index contributed by atoms with van der Waals surface area (Å²) in [6.07, 6.45) is 1.28. The standard InChI is InChI=1S/C14H19NO3/c1-3-11(2)9-13(16)15(10-14(17)18)12-7-5-4-6-8-12/h4-8,11H,3,9-10H2,1-2H3,(H,17,18). The summed E-state index contributed by atoms with van der Waals surface area (Å²) in [7, 11) is 0. The Kier molecular flexibility index (Phi) is 5.36. The SMILES string of the molecule is CCC(C)CC(=O)N(CC(=O)O)c1ccccc1. The van der Waals surface area contributed by atoms with Crippen molar-refractivity contribution in [2.24, 2.45) is 5.92 Å². The third-order valence-corrected chi connectivity index (χ3v) is 2.88. The van der Waals surface area contributed by atoms with Crippen molar-refractivity contribution < 1.29 is 14.7 Å². The van der Waals surface area contributed by atoms with E-state index in [9.17, 15) is 9.59 Å². The van der Waals surface area contributed by atoms with E-state index < -0.39 is 5.97 Å². The predicted molar refractivity (Wildman–Crippen MR) is 70.5 cm³/mol. The third-order valence-electron chi connectivity index (χ3n) is 2.88. The molecule has 0 saturated carbocycles. The molecule has 0 spiro atoms. The minimum Gasteiger partial charge on any atom is -0.480 e. The fourth-order valence-electron chi connectivity index (χ4n) is 1.62. The highest BCUT2D eigenvalue weighted by Crippen LogP contribution is 2.17. The van der Waals surface area contributed by atoms with E-state index in [1.165, 1.54) is 4.90 Å². The monoisotopic (exact) mass is 249 g/mol. The van der Waals surface area contributed by atoms with Gasteiger partial charge in [0.2, 0.25) is 5.91 Å². The molecular weight excluding hydrogens is 230 g/mol. The number of hydrogen-bond donors (Lipinski definition) is 1. The van der Waals surface area contributed by atoms with Crippen LogP contribution in [0.1, 0.15) is 26.7 Å². The maximum absolute atomic E-state index is 12.1. The van der Waals surface area contributed by atoms with Crippen molar-refractivity contribution in [3.8, 4) is 0 Å². The van der Waals surface area contributed by atoms with E-state index in [4.69, 9.17) is 5.11 Å². The lowest BCUT2D eigenvalue weighted by atomic mass is 10.0. The molecule has 4 nitrogen and oxygen atoms in total. The van der Waals surface area contributed by atoms with Crippen molar-refractivity contribution in [3.05, 3.63) is 30.3 Å². The Balaban J connectivity index is 2.85. The molecule has 0 aliphatic heterocycles. The van der Waals surface area contributed by atoms with Gasteiger partial charge >= 0.3 is 5.97 Å². The van der Waals surface area contributed by atoms with Crippen LogP contribution in [0.5, 0.6) is 0 Å². The molecule has 4 heteroatoms. The van der Waals surface area contributed by atoms with Crippen molar-refractivity contribution in [3.63, 3.8) is 0 Å². The van der Waals surface area contributed by atoms with Gasteiger partial charge < -0.3 is 10.0 Å². The van der Waals surface area contributed by atoms with Crippen LogP contribution in [0.25, 0.3) is 0 Å². The molecule has 0 saturated heterocycles. The van der Waals surface area contributed by atoms with Gasteiger partial charge in [0, 0.05) is 12.1 Å². The van der Waals surface area contributed by atoms with Crippen LogP contribution in [0.4, 0.5) is 5.69 Å². The van der Waals surface area contributed by atoms with Crippen molar-refractivity contribution in [1.29, 1.82) is 0 Å². The largest absolute Gasteiger partial charge is 0.480 e. The Bertz CT molecular complexity index is 403. The van der Waals surface area contributed by atoms with Gasteiger partial charge in [0.1, 0.15) is 6.54 Å². The van der Waals surface area contributed by atoms with Crippen LogP contribution in [0.3, 0.4) is 0 Å². The van der Waals surface area contributed by atoms with Crippen LogP contribution in [-0.4, -0.2) is 23.5 Å². The van der Waals surface area contributed by atoms with Crippen LogP contribution < -0.4 is 4.90 Å². The van der Waals surface area contributed by atoms with E-state index in [0.29, 0.717) is 12.1 Å². The number of anilines is 1. The maximum atomic E-state index is 12.1. The molecule has 98 valence electrons.